The molecule has 0 bridgehead atoms. The summed E-state index contributed by atoms with van der Waals surface area (Å²) in [4.78, 5) is 11.9. The van der Waals surface area contributed by atoms with Gasteiger partial charge < -0.3 is 13.8 Å². The van der Waals surface area contributed by atoms with Crippen LogP contribution in [-0.2, 0) is 18.3 Å². The van der Waals surface area contributed by atoms with Gasteiger partial charge in [-0.05, 0) is 24.3 Å². The van der Waals surface area contributed by atoms with Gasteiger partial charge in [-0.2, -0.15) is 0 Å². The first-order chi connectivity index (χ1) is 10.1. The molecule has 0 fully saturated rings. The van der Waals surface area contributed by atoms with E-state index in [-0.39, 0.29) is 0 Å². The zero-order valence-electron chi connectivity index (χ0n) is 11.4. The minimum atomic E-state index is -3.98. The minimum absolute atomic E-state index is 0.377. The number of nitrogens with one attached hydrogen (secondary N) is 1. The van der Waals surface area contributed by atoms with Crippen LogP contribution in [0.25, 0.3) is 0 Å². The predicted molar refractivity (Wildman–Crippen MR) is 87.3 cm³/mol. The monoisotopic (exact) mass is 409 g/mol. The van der Waals surface area contributed by atoms with E-state index >= 15 is 0 Å². The van der Waals surface area contributed by atoms with E-state index < -0.39 is 23.3 Å². The first kappa shape index (κ1) is 19.8. The van der Waals surface area contributed by atoms with Crippen molar-refractivity contribution in [3.05, 3.63) is 29.3 Å². The van der Waals surface area contributed by atoms with E-state index in [2.05, 4.69) is 5.32 Å². The summed E-state index contributed by atoms with van der Waals surface area (Å²) in [6.45, 7) is 0. The second-order valence-corrected chi connectivity index (χ2v) is 8.92. The Balaban J connectivity index is 2.88. The van der Waals surface area contributed by atoms with Gasteiger partial charge in [0.2, 0.25) is 3.79 Å². The molecule has 0 saturated carbocycles. The van der Waals surface area contributed by atoms with Crippen molar-refractivity contribution in [3.63, 3.8) is 0 Å². The van der Waals surface area contributed by atoms with Crippen LogP contribution in [0.3, 0.4) is 0 Å². The molecule has 11 heteroatoms. The van der Waals surface area contributed by atoms with Crippen LogP contribution in [0.1, 0.15) is 0 Å². The molecule has 1 rings (SSSR count). The summed E-state index contributed by atoms with van der Waals surface area (Å²) in [6, 6.07) is 6.16. The van der Waals surface area contributed by atoms with E-state index in [4.69, 9.17) is 60.2 Å². The van der Waals surface area contributed by atoms with Crippen LogP contribution in [0.15, 0.2) is 24.3 Å². The number of hydrogen-bond donors (Lipinski definition) is 1. The van der Waals surface area contributed by atoms with Crippen molar-refractivity contribution in [3.8, 4) is 0 Å². The summed E-state index contributed by atoms with van der Waals surface area (Å²) in [5.74, 6) is -1.76. The first-order valence-corrected chi connectivity index (χ1v) is 8.76. The zero-order chi connectivity index (χ0) is 17.0. The lowest BCUT2D eigenvalue weighted by Gasteiger charge is -2.28. The molecule has 0 spiro atoms. The molecular weight excluding hydrogens is 399 g/mol. The SMILES string of the molecule is COP(=O)(OC)[C@@H](OC(=O)Nc1ccc(Cl)cc1)C(Cl)(Cl)Cl. The van der Waals surface area contributed by atoms with Gasteiger partial charge in [0.25, 0.3) is 5.85 Å². The second kappa shape index (κ2) is 8.06. The van der Waals surface area contributed by atoms with Gasteiger partial charge in [-0.15, -0.1) is 0 Å². The summed E-state index contributed by atoms with van der Waals surface area (Å²) in [7, 11) is -1.82. The molecule has 0 aliphatic carbocycles. The molecule has 1 amide bonds. The van der Waals surface area contributed by atoms with Gasteiger partial charge >= 0.3 is 13.7 Å². The number of amides is 1. The van der Waals surface area contributed by atoms with E-state index in [9.17, 15) is 9.36 Å². The maximum atomic E-state index is 12.3. The van der Waals surface area contributed by atoms with Crippen molar-refractivity contribution in [2.45, 2.75) is 9.64 Å². The third-order valence-electron chi connectivity index (χ3n) is 2.39. The molecule has 0 aromatic heterocycles. The van der Waals surface area contributed by atoms with E-state index in [1.165, 1.54) is 12.1 Å². The quantitative estimate of drug-likeness (QED) is 0.541. The van der Waals surface area contributed by atoms with Gasteiger partial charge in [-0.3, -0.25) is 9.88 Å². The van der Waals surface area contributed by atoms with Crippen LogP contribution in [0.5, 0.6) is 0 Å². The molecule has 0 heterocycles. The molecule has 0 aliphatic heterocycles. The molecule has 1 aromatic rings. The van der Waals surface area contributed by atoms with E-state index in [0.717, 1.165) is 14.2 Å². The number of halogens is 4. The van der Waals surface area contributed by atoms with Crippen molar-refractivity contribution in [1.82, 2.24) is 0 Å². The normalized spacial score (nSPS) is 13.5. The molecule has 6 nitrogen and oxygen atoms in total. The lowest BCUT2D eigenvalue weighted by molar-refractivity contribution is 0.124. The van der Waals surface area contributed by atoms with E-state index in [0.29, 0.717) is 10.7 Å². The molecule has 0 aliphatic rings. The average Bonchev–Trinajstić information content (AvgIpc) is 2.45. The molecule has 0 saturated heterocycles. The Morgan fingerprint density at radius 1 is 1.18 bits per heavy atom. The number of carbonyl (C=O) groups excluding carboxylic acids is 1. The second-order valence-electron chi connectivity index (χ2n) is 3.84. The van der Waals surface area contributed by atoms with Crippen molar-refractivity contribution < 1.29 is 23.1 Å². The van der Waals surface area contributed by atoms with Crippen LogP contribution in [0, 0.1) is 0 Å². The smallest absolute Gasteiger partial charge is 0.412 e. The maximum absolute atomic E-state index is 12.3. The Labute approximate surface area is 147 Å². The maximum Gasteiger partial charge on any atom is 0.412 e. The Bertz CT molecular complexity index is 555. The standard InChI is InChI=1S/C11H12Cl4NO5P/c1-19-22(18,20-2)9(11(13,14)15)21-10(17)16-8-5-3-7(12)4-6-8/h3-6,9H,1-2H3,(H,16,17)/t9-/m1/s1. The number of hydrogen-bond acceptors (Lipinski definition) is 5. The van der Waals surface area contributed by atoms with E-state index in [1.807, 2.05) is 0 Å². The molecule has 1 atom stereocenters. The Kier molecular flexibility index (Phi) is 7.27. The third kappa shape index (κ3) is 5.46. The fraction of sp³-hybridized carbons (Fsp3) is 0.364. The van der Waals surface area contributed by atoms with Gasteiger partial charge in [0.05, 0.1) is 0 Å². The lowest BCUT2D eigenvalue weighted by Crippen LogP contribution is -2.34. The number of alkyl halides is 3. The highest BCUT2D eigenvalue weighted by Crippen LogP contribution is 2.59. The fourth-order valence-corrected chi connectivity index (χ4v) is 3.81. The molecule has 1 aromatic carbocycles. The zero-order valence-corrected chi connectivity index (χ0v) is 15.3. The minimum Gasteiger partial charge on any atom is -0.428 e. The summed E-state index contributed by atoms with van der Waals surface area (Å²) in [5, 5.41) is 2.85. The number of benzene rings is 1. The summed E-state index contributed by atoms with van der Waals surface area (Å²) >= 11 is 22.8. The molecule has 1 N–H and O–H groups in total. The topological polar surface area (TPSA) is 73.9 Å². The Morgan fingerprint density at radius 2 is 1.68 bits per heavy atom. The largest absolute Gasteiger partial charge is 0.428 e. The van der Waals surface area contributed by atoms with Gasteiger partial charge in [0.15, 0.2) is 0 Å². The van der Waals surface area contributed by atoms with Crippen LogP contribution in [-0.4, -0.2) is 30.0 Å². The highest BCUT2D eigenvalue weighted by molar-refractivity contribution is 7.55. The lowest BCUT2D eigenvalue weighted by atomic mass is 10.3. The van der Waals surface area contributed by atoms with Gasteiger partial charge in [0, 0.05) is 24.9 Å². The number of rotatable bonds is 5. The van der Waals surface area contributed by atoms with Crippen LogP contribution in [0.2, 0.25) is 5.02 Å². The van der Waals surface area contributed by atoms with Gasteiger partial charge in [-0.1, -0.05) is 46.4 Å². The van der Waals surface area contributed by atoms with Gasteiger partial charge in [0.1, 0.15) is 0 Å². The predicted octanol–water partition coefficient (Wildman–Crippen LogP) is 5.07. The molecule has 0 radical (unpaired) electrons. The highest BCUT2D eigenvalue weighted by atomic mass is 35.6. The Hall–Kier alpha value is -0.200. The van der Waals surface area contributed by atoms with Crippen molar-refractivity contribution in [1.29, 1.82) is 0 Å². The number of anilines is 1. The number of ether oxygens (including phenoxy) is 1. The van der Waals surface area contributed by atoms with E-state index in [1.54, 1.807) is 12.1 Å². The van der Waals surface area contributed by atoms with Crippen LogP contribution >= 0.6 is 54.0 Å². The molecular formula is C11H12Cl4NO5P. The van der Waals surface area contributed by atoms with Crippen molar-refractivity contribution in [2.24, 2.45) is 0 Å². The van der Waals surface area contributed by atoms with Crippen LogP contribution in [0.4, 0.5) is 10.5 Å². The summed E-state index contributed by atoms with van der Waals surface area (Å²) in [5.41, 5.74) is 0.377. The molecule has 22 heavy (non-hydrogen) atoms. The third-order valence-corrected chi connectivity index (χ3v) is 5.77. The van der Waals surface area contributed by atoms with Crippen molar-refractivity contribution >= 4 is 65.8 Å². The van der Waals surface area contributed by atoms with Crippen LogP contribution < -0.4 is 5.32 Å². The molecule has 124 valence electrons. The number of carbonyl (C=O) groups is 1. The average molecular weight is 411 g/mol. The van der Waals surface area contributed by atoms with Gasteiger partial charge in [-0.25, -0.2) is 4.79 Å². The van der Waals surface area contributed by atoms with Crippen molar-refractivity contribution in [2.75, 3.05) is 19.5 Å². The first-order valence-electron chi connectivity index (χ1n) is 5.63. The fourth-order valence-electron chi connectivity index (χ4n) is 1.36. The Morgan fingerprint density at radius 3 is 2.09 bits per heavy atom. The molecule has 0 unspecified atom stereocenters. The summed E-state index contributed by atoms with van der Waals surface area (Å²) in [6.07, 6.45) is -1.01. The highest BCUT2D eigenvalue weighted by Gasteiger charge is 2.51. The summed E-state index contributed by atoms with van der Waals surface area (Å²) < 4.78 is 24.4.